The molecular formula is C27H33N3O4S. The van der Waals surface area contributed by atoms with E-state index in [0.29, 0.717) is 31.3 Å². The highest BCUT2D eigenvalue weighted by atomic mass is 32.2. The van der Waals surface area contributed by atoms with Gasteiger partial charge >= 0.3 is 5.97 Å². The lowest BCUT2D eigenvalue weighted by Gasteiger charge is -2.18. The summed E-state index contributed by atoms with van der Waals surface area (Å²) in [5, 5.41) is 12.4. The number of rotatable bonds is 10. The first-order valence-corrected chi connectivity index (χ1v) is 12.4. The van der Waals surface area contributed by atoms with Crippen molar-refractivity contribution in [1.82, 2.24) is 9.55 Å². The molecule has 0 aliphatic carbocycles. The van der Waals surface area contributed by atoms with Crippen molar-refractivity contribution in [2.75, 3.05) is 18.5 Å². The third-order valence-corrected chi connectivity index (χ3v) is 6.92. The molecule has 0 unspecified atom stereocenters. The molecule has 1 heterocycles. The molecule has 8 heteroatoms. The molecule has 0 spiro atoms. The summed E-state index contributed by atoms with van der Waals surface area (Å²) in [6.45, 7) is 12.8. The van der Waals surface area contributed by atoms with E-state index in [9.17, 15) is 14.7 Å². The van der Waals surface area contributed by atoms with Crippen LogP contribution in [0, 0.1) is 20.8 Å². The quantitative estimate of drug-likeness (QED) is 0.276. The third-order valence-electron chi connectivity index (χ3n) is 5.73. The second-order valence-electron chi connectivity index (χ2n) is 8.93. The van der Waals surface area contributed by atoms with Crippen LogP contribution in [-0.2, 0) is 16.1 Å². The minimum absolute atomic E-state index is 0.263. The zero-order valence-electron chi connectivity index (χ0n) is 21.1. The lowest BCUT2D eigenvalue weighted by atomic mass is 10.1. The Morgan fingerprint density at radius 2 is 1.80 bits per heavy atom. The Labute approximate surface area is 210 Å². The van der Waals surface area contributed by atoms with Gasteiger partial charge in [0.05, 0.1) is 6.61 Å². The largest absolute Gasteiger partial charge is 0.480 e. The van der Waals surface area contributed by atoms with Crippen molar-refractivity contribution in [2.45, 2.75) is 57.7 Å². The molecule has 3 aromatic rings. The number of aryl methyl sites for hydroxylation is 2. The van der Waals surface area contributed by atoms with Crippen molar-refractivity contribution in [3.05, 3.63) is 65.0 Å². The number of carbonyl (C=O) groups excluding carboxylic acids is 1. The van der Waals surface area contributed by atoms with Gasteiger partial charge in [0, 0.05) is 35.0 Å². The maximum atomic E-state index is 13.2. The fourth-order valence-corrected chi connectivity index (χ4v) is 4.64. The Morgan fingerprint density at radius 1 is 1.11 bits per heavy atom. The predicted octanol–water partition coefficient (Wildman–Crippen LogP) is 5.72. The number of ether oxygens (including phenoxy) is 1. The first kappa shape index (κ1) is 26.5. The molecular weight excluding hydrogens is 462 g/mol. The van der Waals surface area contributed by atoms with Gasteiger partial charge in [-0.05, 0) is 65.3 Å². The number of amides is 1. The highest BCUT2D eigenvalue weighted by Crippen LogP contribution is 2.34. The molecule has 3 rings (SSSR count). The number of imidazole rings is 1. The van der Waals surface area contributed by atoms with E-state index in [1.54, 1.807) is 13.8 Å². The van der Waals surface area contributed by atoms with Crippen molar-refractivity contribution >= 4 is 29.3 Å². The first-order chi connectivity index (χ1) is 16.5. The summed E-state index contributed by atoms with van der Waals surface area (Å²) in [6.07, 6.45) is 0. The highest BCUT2D eigenvalue weighted by molar-refractivity contribution is 8.01. The Kier molecular flexibility index (Phi) is 8.40. The number of aliphatic carboxylic acids is 1. The van der Waals surface area contributed by atoms with Crippen molar-refractivity contribution in [3.8, 4) is 11.4 Å². The number of hydrogen-bond acceptors (Lipinski definition) is 5. The summed E-state index contributed by atoms with van der Waals surface area (Å²) in [7, 11) is 0. The standard InChI is InChI=1S/C27H33N3O4S/c1-7-34-15-14-30-19(4)23(25(31)28-22-13-8-17(2)16-18(22)3)29-24(30)20-9-11-21(12-10-20)35-27(5,6)26(32)33/h8-13,16H,7,14-15H2,1-6H3,(H,28,31)(H,32,33). The summed E-state index contributed by atoms with van der Waals surface area (Å²) in [4.78, 5) is 30.2. The first-order valence-electron chi connectivity index (χ1n) is 11.6. The van der Waals surface area contributed by atoms with Crippen LogP contribution in [0.5, 0.6) is 0 Å². The maximum absolute atomic E-state index is 13.2. The molecule has 0 fully saturated rings. The Balaban J connectivity index is 1.93. The van der Waals surface area contributed by atoms with Gasteiger partial charge in [0.2, 0.25) is 0 Å². The molecule has 35 heavy (non-hydrogen) atoms. The van der Waals surface area contributed by atoms with Gasteiger partial charge < -0.3 is 19.7 Å². The fraction of sp³-hybridized carbons (Fsp3) is 0.370. The van der Waals surface area contributed by atoms with Crippen LogP contribution in [-0.4, -0.2) is 44.5 Å². The number of thioether (sulfide) groups is 1. The molecule has 2 aromatic carbocycles. The second kappa shape index (κ2) is 11.1. The van der Waals surface area contributed by atoms with E-state index in [4.69, 9.17) is 9.72 Å². The van der Waals surface area contributed by atoms with Crippen molar-refractivity contribution < 1.29 is 19.4 Å². The molecule has 2 N–H and O–H groups in total. The van der Waals surface area contributed by atoms with Crippen molar-refractivity contribution in [2.24, 2.45) is 0 Å². The average molecular weight is 496 g/mol. The van der Waals surface area contributed by atoms with Gasteiger partial charge in [-0.1, -0.05) is 29.8 Å². The zero-order valence-corrected chi connectivity index (χ0v) is 22.0. The third kappa shape index (κ3) is 6.32. The maximum Gasteiger partial charge on any atom is 0.319 e. The minimum atomic E-state index is -0.937. The molecule has 186 valence electrons. The number of nitrogens with one attached hydrogen (secondary N) is 1. The number of carboxylic acids is 1. The van der Waals surface area contributed by atoms with E-state index in [-0.39, 0.29) is 5.91 Å². The smallest absolute Gasteiger partial charge is 0.319 e. The van der Waals surface area contributed by atoms with Gasteiger partial charge in [-0.2, -0.15) is 0 Å². The average Bonchev–Trinajstić information content (AvgIpc) is 3.12. The molecule has 7 nitrogen and oxygen atoms in total. The lowest BCUT2D eigenvalue weighted by Crippen LogP contribution is -2.26. The van der Waals surface area contributed by atoms with Gasteiger partial charge in [-0.25, -0.2) is 4.98 Å². The van der Waals surface area contributed by atoms with E-state index in [1.807, 2.05) is 74.7 Å². The molecule has 0 atom stereocenters. The molecule has 0 aliphatic rings. The molecule has 0 saturated carbocycles. The van der Waals surface area contributed by atoms with Crippen LogP contribution >= 0.6 is 11.8 Å². The van der Waals surface area contributed by atoms with E-state index >= 15 is 0 Å². The lowest BCUT2D eigenvalue weighted by molar-refractivity contribution is -0.138. The van der Waals surface area contributed by atoms with E-state index < -0.39 is 10.7 Å². The van der Waals surface area contributed by atoms with Crippen LogP contribution in [0.2, 0.25) is 0 Å². The van der Waals surface area contributed by atoms with Gasteiger partial charge in [-0.3, -0.25) is 9.59 Å². The number of aromatic nitrogens is 2. The topological polar surface area (TPSA) is 93.4 Å². The molecule has 0 radical (unpaired) electrons. The van der Waals surface area contributed by atoms with Gasteiger partial charge in [0.15, 0.2) is 0 Å². The minimum Gasteiger partial charge on any atom is -0.480 e. The fourth-order valence-electron chi connectivity index (χ4n) is 3.69. The summed E-state index contributed by atoms with van der Waals surface area (Å²) in [6, 6.07) is 13.5. The summed E-state index contributed by atoms with van der Waals surface area (Å²) in [5.74, 6) is -0.462. The van der Waals surface area contributed by atoms with Crippen LogP contribution < -0.4 is 5.32 Å². The summed E-state index contributed by atoms with van der Waals surface area (Å²) < 4.78 is 6.62. The van der Waals surface area contributed by atoms with E-state index in [1.165, 1.54) is 11.8 Å². The van der Waals surface area contributed by atoms with Gasteiger partial charge in [0.25, 0.3) is 5.91 Å². The van der Waals surface area contributed by atoms with Crippen molar-refractivity contribution in [3.63, 3.8) is 0 Å². The van der Waals surface area contributed by atoms with Crippen LogP contribution in [0.3, 0.4) is 0 Å². The predicted molar refractivity (Wildman–Crippen MR) is 140 cm³/mol. The van der Waals surface area contributed by atoms with Crippen LogP contribution in [0.1, 0.15) is 48.1 Å². The Bertz CT molecular complexity index is 1220. The number of benzene rings is 2. The monoisotopic (exact) mass is 495 g/mol. The van der Waals surface area contributed by atoms with Crippen LogP contribution in [0.15, 0.2) is 47.4 Å². The van der Waals surface area contributed by atoms with Crippen LogP contribution in [0.25, 0.3) is 11.4 Å². The molecule has 1 amide bonds. The number of hydrogen-bond donors (Lipinski definition) is 2. The second-order valence-corrected chi connectivity index (χ2v) is 10.6. The normalized spacial score (nSPS) is 11.5. The number of carboxylic acid groups (broad SMARTS) is 1. The molecule has 0 saturated heterocycles. The molecule has 1 aromatic heterocycles. The highest BCUT2D eigenvalue weighted by Gasteiger charge is 2.28. The SMILES string of the molecule is CCOCCn1c(-c2ccc(SC(C)(C)C(=O)O)cc2)nc(C(=O)Nc2ccc(C)cc2C)c1C. The summed E-state index contributed by atoms with van der Waals surface area (Å²) in [5.41, 5.74) is 4.84. The zero-order chi connectivity index (χ0) is 25.8. The summed E-state index contributed by atoms with van der Waals surface area (Å²) >= 11 is 1.28. The number of carbonyl (C=O) groups is 2. The van der Waals surface area contributed by atoms with Gasteiger partial charge in [-0.15, -0.1) is 11.8 Å². The number of nitrogens with zero attached hydrogens (tertiary/aromatic N) is 2. The van der Waals surface area contributed by atoms with Gasteiger partial charge in [0.1, 0.15) is 16.3 Å². The Hall–Kier alpha value is -3.10. The molecule has 0 bridgehead atoms. The van der Waals surface area contributed by atoms with E-state index in [2.05, 4.69) is 5.32 Å². The Morgan fingerprint density at radius 3 is 2.40 bits per heavy atom. The van der Waals surface area contributed by atoms with Crippen LogP contribution in [0.4, 0.5) is 5.69 Å². The number of anilines is 1. The molecule has 0 aliphatic heterocycles. The van der Waals surface area contributed by atoms with Crippen molar-refractivity contribution in [1.29, 1.82) is 0 Å². The van der Waals surface area contributed by atoms with E-state index in [0.717, 1.165) is 33.0 Å².